The highest BCUT2D eigenvalue weighted by molar-refractivity contribution is 8.25. The van der Waals surface area contributed by atoms with Crippen LogP contribution in [0.2, 0.25) is 0 Å². The van der Waals surface area contributed by atoms with Crippen molar-refractivity contribution in [2.75, 3.05) is 39.3 Å². The van der Waals surface area contributed by atoms with Crippen molar-refractivity contribution in [1.29, 1.82) is 0 Å². The molecule has 4 nitrogen and oxygen atoms in total. The Hall–Kier alpha value is 0.980. The molecule has 0 unspecified atom stereocenters. The topological polar surface area (TPSA) is 58.6 Å². The summed E-state index contributed by atoms with van der Waals surface area (Å²) in [5.74, 6) is 0.711. The minimum atomic E-state index is -0.430. The highest BCUT2D eigenvalue weighted by Crippen LogP contribution is 2.19. The van der Waals surface area contributed by atoms with Crippen molar-refractivity contribution in [2.24, 2.45) is 0 Å². The van der Waals surface area contributed by atoms with Gasteiger partial charge in [0.05, 0.1) is 11.8 Å². The Labute approximate surface area is 124 Å². The number of hydrogen-bond acceptors (Lipinski definition) is 8. The third-order valence-electron chi connectivity index (χ3n) is 1.22. The molecule has 17 heavy (non-hydrogen) atoms. The summed E-state index contributed by atoms with van der Waals surface area (Å²) < 4.78 is 4.77. The maximum absolute atomic E-state index is 11.0. The summed E-state index contributed by atoms with van der Waals surface area (Å²) in [6.07, 6.45) is 1.66. The van der Waals surface area contributed by atoms with Gasteiger partial charge in [0.15, 0.2) is 0 Å². The zero-order chi connectivity index (χ0) is 12.8. The van der Waals surface area contributed by atoms with Crippen molar-refractivity contribution < 1.29 is 14.6 Å². The molecule has 0 aliphatic carbocycles. The van der Waals surface area contributed by atoms with E-state index in [1.165, 1.54) is 0 Å². The van der Waals surface area contributed by atoms with Crippen LogP contribution in [-0.2, 0) is 4.74 Å². The minimum Gasteiger partial charge on any atom is -0.438 e. The first-order chi connectivity index (χ1) is 8.31. The first-order valence-corrected chi connectivity index (χ1v) is 10.6. The second-order valence-electron chi connectivity index (χ2n) is 2.46. The Bertz CT molecular complexity index is 187. The van der Waals surface area contributed by atoms with E-state index in [1.807, 2.05) is 35.3 Å². The first kappa shape index (κ1) is 18.0. The zero-order valence-electron chi connectivity index (χ0n) is 9.55. The molecule has 0 heterocycles. The van der Waals surface area contributed by atoms with E-state index in [0.717, 1.165) is 27.0 Å². The van der Waals surface area contributed by atoms with Crippen molar-refractivity contribution >= 4 is 64.9 Å². The third kappa shape index (κ3) is 14.9. The number of amides is 1. The average Bonchev–Trinajstić information content (AvgIpc) is 2.33. The van der Waals surface area contributed by atoms with Gasteiger partial charge in [-0.2, -0.15) is 11.8 Å². The zero-order valence-corrected chi connectivity index (χ0v) is 13.6. The number of carbonyl (C=O) groups excluding carboxylic acids is 1. The Morgan fingerprint density at radius 2 is 1.88 bits per heavy atom. The molecule has 0 radical (unpaired) electrons. The second-order valence-corrected chi connectivity index (χ2v) is 8.28. The molecule has 0 atom stereocenters. The number of rotatable bonds is 11. The average molecular weight is 336 g/mol. The molecule has 0 aromatic carbocycles. The van der Waals surface area contributed by atoms with Crippen molar-refractivity contribution in [1.82, 2.24) is 5.32 Å². The molecule has 0 saturated heterocycles. The van der Waals surface area contributed by atoms with E-state index >= 15 is 0 Å². The molecule has 0 fully saturated rings. The standard InChI is InChI=1S/C8H17NO3S5/c1-13-5-16-7-17-6-14-2-9-8(11)12-4-15-3-10/h10H,2-7H2,1H3,(H,9,11). The smallest absolute Gasteiger partial charge is 0.408 e. The molecule has 0 aliphatic rings. The van der Waals surface area contributed by atoms with Gasteiger partial charge in [-0.25, -0.2) is 4.79 Å². The molecule has 102 valence electrons. The van der Waals surface area contributed by atoms with Crippen molar-refractivity contribution in [3.63, 3.8) is 0 Å². The normalized spacial score (nSPS) is 10.2. The van der Waals surface area contributed by atoms with Crippen LogP contribution < -0.4 is 5.32 Å². The molecular formula is C8H17NO3S5. The monoisotopic (exact) mass is 335 g/mol. The SMILES string of the molecule is CSCSCSCSCNC(=O)OCSCO. The number of ether oxygens (including phenoxy) is 1. The number of thioether (sulfide) groups is 5. The number of alkyl carbamates (subject to hydrolysis) is 1. The molecule has 9 heteroatoms. The molecular weight excluding hydrogens is 318 g/mol. The van der Waals surface area contributed by atoms with E-state index in [4.69, 9.17) is 9.84 Å². The lowest BCUT2D eigenvalue weighted by atomic mass is 11.1. The van der Waals surface area contributed by atoms with Gasteiger partial charge in [0.25, 0.3) is 0 Å². The largest absolute Gasteiger partial charge is 0.438 e. The fourth-order valence-electron chi connectivity index (χ4n) is 0.604. The van der Waals surface area contributed by atoms with Gasteiger partial charge in [-0.1, -0.05) is 11.8 Å². The van der Waals surface area contributed by atoms with Crippen LogP contribution in [0, 0.1) is 0 Å². The van der Waals surface area contributed by atoms with Crippen LogP contribution in [0.5, 0.6) is 0 Å². The maximum atomic E-state index is 11.0. The molecule has 0 aromatic rings. The third-order valence-corrected chi connectivity index (χ3v) is 6.31. The van der Waals surface area contributed by atoms with Crippen LogP contribution in [0.25, 0.3) is 0 Å². The lowest BCUT2D eigenvalue weighted by Gasteiger charge is -2.05. The molecule has 0 aromatic heterocycles. The molecule has 1 amide bonds. The summed E-state index contributed by atoms with van der Waals surface area (Å²) >= 11 is 8.39. The van der Waals surface area contributed by atoms with Crippen LogP contribution in [0.4, 0.5) is 4.79 Å². The van der Waals surface area contributed by atoms with Gasteiger partial charge in [0, 0.05) is 15.3 Å². The van der Waals surface area contributed by atoms with Crippen molar-refractivity contribution in [3.05, 3.63) is 0 Å². The number of hydrogen-bond donors (Lipinski definition) is 2. The van der Waals surface area contributed by atoms with Gasteiger partial charge in [0.1, 0.15) is 5.94 Å². The predicted octanol–water partition coefficient (Wildman–Crippen LogP) is 2.75. The van der Waals surface area contributed by atoms with Crippen molar-refractivity contribution in [2.45, 2.75) is 0 Å². The second kappa shape index (κ2) is 15.0. The van der Waals surface area contributed by atoms with Gasteiger partial charge in [-0.3, -0.25) is 0 Å². The fourth-order valence-corrected chi connectivity index (χ4v) is 4.80. The Morgan fingerprint density at radius 3 is 2.59 bits per heavy atom. The minimum absolute atomic E-state index is 0.0353. The van der Waals surface area contributed by atoms with Gasteiger partial charge < -0.3 is 15.2 Å². The summed E-state index contributed by atoms with van der Waals surface area (Å²) in [4.78, 5) is 11.0. The molecule has 2 N–H and O–H groups in total. The van der Waals surface area contributed by atoms with E-state index in [0.29, 0.717) is 5.88 Å². The van der Waals surface area contributed by atoms with Crippen LogP contribution in [0.1, 0.15) is 0 Å². The van der Waals surface area contributed by atoms with Crippen LogP contribution in [0.15, 0.2) is 0 Å². The van der Waals surface area contributed by atoms with Gasteiger partial charge in [0.2, 0.25) is 0 Å². The number of carbonyl (C=O) groups is 1. The van der Waals surface area contributed by atoms with Crippen LogP contribution >= 0.6 is 58.8 Å². The maximum Gasteiger partial charge on any atom is 0.408 e. The number of nitrogens with one attached hydrogen (secondary N) is 1. The molecule has 0 bridgehead atoms. The summed E-state index contributed by atoms with van der Waals surface area (Å²) in [7, 11) is 0. The van der Waals surface area contributed by atoms with Gasteiger partial charge in [-0.15, -0.1) is 35.3 Å². The first-order valence-electron chi connectivity index (χ1n) is 4.62. The van der Waals surface area contributed by atoms with E-state index in [2.05, 4.69) is 11.6 Å². The highest BCUT2D eigenvalue weighted by Gasteiger charge is 2.00. The number of aliphatic hydroxyl groups excluding tert-OH is 1. The Balaban J connectivity index is 3.08. The predicted molar refractivity (Wildman–Crippen MR) is 84.9 cm³/mol. The highest BCUT2D eigenvalue weighted by atomic mass is 32.2. The van der Waals surface area contributed by atoms with E-state index < -0.39 is 6.09 Å². The Morgan fingerprint density at radius 1 is 1.18 bits per heavy atom. The molecule has 0 rings (SSSR count). The summed E-state index contributed by atoms with van der Waals surface area (Å²) in [6.45, 7) is 0. The quantitative estimate of drug-likeness (QED) is 0.441. The summed E-state index contributed by atoms with van der Waals surface area (Å²) in [6, 6.07) is 0. The van der Waals surface area contributed by atoms with Gasteiger partial charge in [-0.05, 0) is 6.26 Å². The fraction of sp³-hybridized carbons (Fsp3) is 0.875. The lowest BCUT2D eigenvalue weighted by molar-refractivity contribution is 0.167. The molecule has 0 saturated carbocycles. The van der Waals surface area contributed by atoms with E-state index in [1.54, 1.807) is 11.8 Å². The summed E-state index contributed by atoms with van der Waals surface area (Å²) in [5.41, 5.74) is 0. The van der Waals surface area contributed by atoms with E-state index in [9.17, 15) is 4.79 Å². The number of aliphatic hydroxyl groups is 1. The van der Waals surface area contributed by atoms with Gasteiger partial charge >= 0.3 is 6.09 Å². The molecule has 0 spiro atoms. The van der Waals surface area contributed by atoms with Crippen molar-refractivity contribution in [3.8, 4) is 0 Å². The lowest BCUT2D eigenvalue weighted by Crippen LogP contribution is -2.23. The van der Waals surface area contributed by atoms with Crippen LogP contribution in [-0.4, -0.2) is 50.5 Å². The molecule has 0 aliphatic heterocycles. The van der Waals surface area contributed by atoms with E-state index in [-0.39, 0.29) is 11.9 Å². The summed E-state index contributed by atoms with van der Waals surface area (Å²) in [5, 5.41) is 14.3. The van der Waals surface area contributed by atoms with Crippen LogP contribution in [0.3, 0.4) is 0 Å². The Kier molecular flexibility index (Phi) is 15.9.